The highest BCUT2D eigenvalue weighted by molar-refractivity contribution is 7.90. The number of benzene rings is 1. The number of rotatable bonds is 7. The molecule has 0 radical (unpaired) electrons. The summed E-state index contributed by atoms with van der Waals surface area (Å²) < 4.78 is 28.0. The fraction of sp³-hybridized carbons (Fsp3) is 0.500. The molecule has 1 aliphatic heterocycles. The van der Waals surface area contributed by atoms with Gasteiger partial charge in [0.25, 0.3) is 0 Å². The molecular formula is C16H22N2O5S. The molecule has 0 unspecified atom stereocenters. The molecule has 2 amide bonds. The second-order valence-corrected chi connectivity index (χ2v) is 7.72. The first-order valence-electron chi connectivity index (χ1n) is 7.72. The van der Waals surface area contributed by atoms with Crippen LogP contribution in [0.5, 0.6) is 0 Å². The van der Waals surface area contributed by atoms with Gasteiger partial charge < -0.3 is 15.0 Å². The number of fused-ring (bicyclic) bond motifs is 1. The molecule has 1 aliphatic rings. The molecular weight excluding hydrogens is 332 g/mol. The largest absolute Gasteiger partial charge is 0.383 e. The summed E-state index contributed by atoms with van der Waals surface area (Å²) in [6.45, 7) is 1.36. The van der Waals surface area contributed by atoms with Crippen LogP contribution >= 0.6 is 0 Å². The zero-order valence-corrected chi connectivity index (χ0v) is 14.7. The number of carbonyl (C=O) groups is 2. The van der Waals surface area contributed by atoms with Crippen LogP contribution in [0, 0.1) is 0 Å². The molecule has 0 saturated carbocycles. The molecule has 24 heavy (non-hydrogen) atoms. The number of methoxy groups -OCH3 is 1. The predicted molar refractivity (Wildman–Crippen MR) is 89.7 cm³/mol. The number of hydrogen-bond donors (Lipinski definition) is 1. The van der Waals surface area contributed by atoms with Crippen LogP contribution in [0.4, 0.5) is 5.69 Å². The third-order valence-electron chi connectivity index (χ3n) is 3.87. The topological polar surface area (TPSA) is 92.8 Å². The van der Waals surface area contributed by atoms with Gasteiger partial charge in [-0.05, 0) is 30.2 Å². The fourth-order valence-corrected chi connectivity index (χ4v) is 3.28. The van der Waals surface area contributed by atoms with E-state index in [1.165, 1.54) is 6.07 Å². The van der Waals surface area contributed by atoms with Crippen molar-refractivity contribution in [3.8, 4) is 0 Å². The fourth-order valence-electron chi connectivity index (χ4n) is 2.60. The van der Waals surface area contributed by atoms with Gasteiger partial charge in [0.1, 0.15) is 0 Å². The van der Waals surface area contributed by atoms with Crippen molar-refractivity contribution in [2.75, 3.05) is 38.0 Å². The number of amides is 2. The maximum atomic E-state index is 12.3. The van der Waals surface area contributed by atoms with E-state index in [9.17, 15) is 18.0 Å². The molecule has 1 N–H and O–H groups in total. The van der Waals surface area contributed by atoms with Gasteiger partial charge in [0.15, 0.2) is 9.84 Å². The van der Waals surface area contributed by atoms with Crippen LogP contribution in [0.25, 0.3) is 0 Å². The first kappa shape index (κ1) is 18.4. The molecule has 1 aromatic rings. The van der Waals surface area contributed by atoms with Crippen molar-refractivity contribution in [3.05, 3.63) is 23.8 Å². The molecule has 0 atom stereocenters. The Bertz CT molecular complexity index is 730. The van der Waals surface area contributed by atoms with Crippen molar-refractivity contribution in [3.63, 3.8) is 0 Å². The van der Waals surface area contributed by atoms with Gasteiger partial charge in [-0.1, -0.05) is 0 Å². The van der Waals surface area contributed by atoms with Gasteiger partial charge in [-0.25, -0.2) is 8.42 Å². The lowest BCUT2D eigenvalue weighted by molar-refractivity contribution is -0.125. The summed E-state index contributed by atoms with van der Waals surface area (Å²) in [6, 6.07) is 4.79. The number of sulfone groups is 1. The average Bonchev–Trinajstić information content (AvgIpc) is 2.95. The smallest absolute Gasteiger partial charge is 0.227 e. The zero-order valence-electron chi connectivity index (χ0n) is 13.9. The van der Waals surface area contributed by atoms with Crippen LogP contribution in [0.3, 0.4) is 0 Å². The van der Waals surface area contributed by atoms with Gasteiger partial charge in [0, 0.05) is 45.0 Å². The zero-order chi connectivity index (χ0) is 17.7. The molecule has 0 aromatic heterocycles. The van der Waals surface area contributed by atoms with Gasteiger partial charge in [-0.3, -0.25) is 9.59 Å². The lowest BCUT2D eigenvalue weighted by Gasteiger charge is -2.17. The molecule has 8 heteroatoms. The Morgan fingerprint density at radius 3 is 2.71 bits per heavy atom. The number of nitrogens with one attached hydrogen (secondary N) is 1. The minimum atomic E-state index is -3.26. The molecule has 132 valence electrons. The maximum Gasteiger partial charge on any atom is 0.227 e. The Balaban J connectivity index is 1.96. The number of anilines is 1. The first-order chi connectivity index (χ1) is 11.3. The molecule has 0 bridgehead atoms. The van der Waals surface area contributed by atoms with Crippen molar-refractivity contribution < 1.29 is 22.7 Å². The quantitative estimate of drug-likeness (QED) is 0.721. The Morgan fingerprint density at radius 1 is 1.29 bits per heavy atom. The molecule has 0 aliphatic carbocycles. The van der Waals surface area contributed by atoms with E-state index in [0.717, 1.165) is 17.5 Å². The standard InChI is InChI=1S/C16H22N2O5S/c1-23-10-8-17-15(19)5-6-16(20)18-9-7-12-11-13(24(2,21)22)3-4-14(12)18/h3-4,11H,5-10H2,1-2H3,(H,17,19). The van der Waals surface area contributed by atoms with Crippen LogP contribution in [0.1, 0.15) is 18.4 Å². The van der Waals surface area contributed by atoms with E-state index in [1.54, 1.807) is 24.1 Å². The van der Waals surface area contributed by atoms with Crippen molar-refractivity contribution >= 4 is 27.3 Å². The summed E-state index contributed by atoms with van der Waals surface area (Å²) in [6.07, 6.45) is 2.02. The normalized spacial score (nSPS) is 13.7. The first-order valence-corrected chi connectivity index (χ1v) is 9.61. The Labute approximate surface area is 141 Å². The Hall–Kier alpha value is -1.93. The van der Waals surface area contributed by atoms with Crippen molar-refractivity contribution in [2.45, 2.75) is 24.2 Å². The molecule has 0 spiro atoms. The third kappa shape index (κ3) is 4.55. The highest BCUT2D eigenvalue weighted by Gasteiger charge is 2.26. The lowest BCUT2D eigenvalue weighted by Crippen LogP contribution is -2.32. The SMILES string of the molecule is COCCNC(=O)CCC(=O)N1CCc2cc(S(C)(=O)=O)ccc21. The number of hydrogen-bond acceptors (Lipinski definition) is 5. The van der Waals surface area contributed by atoms with Gasteiger partial charge in [-0.2, -0.15) is 0 Å². The molecule has 2 rings (SSSR count). The van der Waals surface area contributed by atoms with Crippen LogP contribution in [0.15, 0.2) is 23.1 Å². The Kier molecular flexibility index (Phi) is 5.95. The molecule has 1 heterocycles. The molecule has 0 saturated heterocycles. The monoisotopic (exact) mass is 354 g/mol. The van der Waals surface area contributed by atoms with Gasteiger partial charge in [0.2, 0.25) is 11.8 Å². The summed E-state index contributed by atoms with van der Waals surface area (Å²) in [5.41, 5.74) is 1.57. The van der Waals surface area contributed by atoms with Crippen LogP contribution in [-0.4, -0.2) is 53.3 Å². The van der Waals surface area contributed by atoms with Gasteiger partial charge >= 0.3 is 0 Å². The van der Waals surface area contributed by atoms with Gasteiger partial charge in [-0.15, -0.1) is 0 Å². The molecule has 7 nitrogen and oxygen atoms in total. The molecule has 1 aromatic carbocycles. The summed E-state index contributed by atoms with van der Waals surface area (Å²) in [7, 11) is -1.71. The summed E-state index contributed by atoms with van der Waals surface area (Å²) in [4.78, 5) is 25.8. The second kappa shape index (κ2) is 7.76. The van der Waals surface area contributed by atoms with Crippen molar-refractivity contribution in [1.82, 2.24) is 5.32 Å². The number of ether oxygens (including phenoxy) is 1. The highest BCUT2D eigenvalue weighted by atomic mass is 32.2. The minimum Gasteiger partial charge on any atom is -0.383 e. The number of nitrogens with zero attached hydrogens (tertiary/aromatic N) is 1. The summed E-state index contributed by atoms with van der Waals surface area (Å²) >= 11 is 0. The van der Waals surface area contributed by atoms with E-state index in [4.69, 9.17) is 4.74 Å². The van der Waals surface area contributed by atoms with E-state index in [1.807, 2.05) is 0 Å². The Morgan fingerprint density at radius 2 is 2.04 bits per heavy atom. The van der Waals surface area contributed by atoms with Crippen molar-refractivity contribution in [1.29, 1.82) is 0 Å². The van der Waals surface area contributed by atoms with Crippen LogP contribution in [-0.2, 0) is 30.6 Å². The van der Waals surface area contributed by atoms with E-state index >= 15 is 0 Å². The van der Waals surface area contributed by atoms with Crippen LogP contribution in [0.2, 0.25) is 0 Å². The van der Waals surface area contributed by atoms with Gasteiger partial charge in [0.05, 0.1) is 11.5 Å². The van der Waals surface area contributed by atoms with E-state index in [-0.39, 0.29) is 29.6 Å². The van der Waals surface area contributed by atoms with Crippen molar-refractivity contribution in [2.24, 2.45) is 0 Å². The van der Waals surface area contributed by atoms with Crippen LogP contribution < -0.4 is 10.2 Å². The summed E-state index contributed by atoms with van der Waals surface area (Å²) in [5, 5.41) is 2.67. The lowest BCUT2D eigenvalue weighted by atomic mass is 10.2. The summed E-state index contributed by atoms with van der Waals surface area (Å²) in [5.74, 6) is -0.324. The molecule has 0 fully saturated rings. The van der Waals surface area contributed by atoms with E-state index in [0.29, 0.717) is 26.1 Å². The van der Waals surface area contributed by atoms with E-state index < -0.39 is 9.84 Å². The predicted octanol–water partition coefficient (Wildman–Crippen LogP) is 0.522. The average molecular weight is 354 g/mol. The third-order valence-corrected chi connectivity index (χ3v) is 4.98. The highest BCUT2D eigenvalue weighted by Crippen LogP contribution is 2.30. The second-order valence-electron chi connectivity index (χ2n) is 5.70. The maximum absolute atomic E-state index is 12.3. The number of carbonyl (C=O) groups excluding carboxylic acids is 2. The minimum absolute atomic E-state index is 0.117. The van der Waals surface area contributed by atoms with E-state index in [2.05, 4.69) is 5.32 Å².